The second kappa shape index (κ2) is 7.39. The number of amides is 1. The highest BCUT2D eigenvalue weighted by Gasteiger charge is 2.32. The second-order valence-electron chi connectivity index (χ2n) is 3.99. The van der Waals surface area contributed by atoms with Gasteiger partial charge in [-0.15, -0.1) is 0 Å². The van der Waals surface area contributed by atoms with Crippen LogP contribution in [0.3, 0.4) is 0 Å². The number of carboxylic acid groups (broad SMARTS) is 2. The third-order valence-electron chi connectivity index (χ3n) is 1.66. The van der Waals surface area contributed by atoms with Crippen LogP contribution in [0.1, 0.15) is 0 Å². The van der Waals surface area contributed by atoms with Crippen LogP contribution in [0.5, 0.6) is 0 Å². The lowest BCUT2D eigenvalue weighted by atomic mass is 10.2. The van der Waals surface area contributed by atoms with Gasteiger partial charge in [-0.1, -0.05) is 6.58 Å². The summed E-state index contributed by atoms with van der Waals surface area (Å²) in [5, 5.41) is 21.1. The van der Waals surface area contributed by atoms with Gasteiger partial charge in [0.2, 0.25) is 11.9 Å². The summed E-state index contributed by atoms with van der Waals surface area (Å²) in [5.41, 5.74) is 0. The Hall–Kier alpha value is -1.89. The van der Waals surface area contributed by atoms with Gasteiger partial charge in [-0.25, -0.2) is 4.79 Å². The number of likely N-dealkylation sites (N-methyl/N-ethyl adjacent to an activating group) is 2. The van der Waals surface area contributed by atoms with Gasteiger partial charge in [-0.2, -0.15) is 0 Å². The van der Waals surface area contributed by atoms with Gasteiger partial charge in [0.05, 0.1) is 21.1 Å². The van der Waals surface area contributed by atoms with Gasteiger partial charge in [-0.05, 0) is 6.08 Å². The smallest absolute Gasteiger partial charge is 0.368 e. The Morgan fingerprint density at radius 1 is 1.35 bits per heavy atom. The van der Waals surface area contributed by atoms with E-state index in [2.05, 4.69) is 11.9 Å². The molecule has 0 saturated carbocycles. The number of hydrogen-bond donors (Lipinski definition) is 2. The molecule has 0 aromatic heterocycles. The maximum Gasteiger partial charge on any atom is 0.368 e. The number of carboxylic acids is 2. The average Bonchev–Trinajstić information content (AvgIpc) is 2.13. The van der Waals surface area contributed by atoms with E-state index in [1.54, 1.807) is 7.05 Å². The quantitative estimate of drug-likeness (QED) is 0.333. The Morgan fingerprint density at radius 2 is 1.76 bits per heavy atom. The first kappa shape index (κ1) is 17.5. The third kappa shape index (κ3) is 7.97. The standard InChI is InChI=1S/C6H11NO4.C4H7NO/c1-7(2,3)4(5(8)9)6(10)11;1-3-4(6)5-2/h4H,1-3H3,(H-,8,9,10,11);3H,1H2,2H3,(H,5,6). The first-order valence-corrected chi connectivity index (χ1v) is 4.66. The van der Waals surface area contributed by atoms with E-state index in [0.29, 0.717) is 0 Å². The molecule has 17 heavy (non-hydrogen) atoms. The summed E-state index contributed by atoms with van der Waals surface area (Å²) in [5.74, 6) is -3.09. The molecule has 2 N–H and O–H groups in total. The van der Waals surface area contributed by atoms with Crippen LogP contribution >= 0.6 is 0 Å². The Balaban J connectivity index is 0. The zero-order chi connectivity index (χ0) is 14.2. The van der Waals surface area contributed by atoms with E-state index in [9.17, 15) is 19.5 Å². The summed E-state index contributed by atoms with van der Waals surface area (Å²) in [4.78, 5) is 30.6. The minimum Gasteiger partial charge on any atom is -0.543 e. The highest BCUT2D eigenvalue weighted by atomic mass is 16.4. The van der Waals surface area contributed by atoms with Crippen molar-refractivity contribution >= 4 is 17.8 Å². The molecule has 0 aromatic rings. The number of quaternary nitrogens is 1. The molecule has 0 aliphatic carbocycles. The van der Waals surface area contributed by atoms with E-state index in [1.807, 2.05) is 0 Å². The van der Waals surface area contributed by atoms with E-state index in [4.69, 9.17) is 5.11 Å². The molecule has 0 fully saturated rings. The molecule has 0 aliphatic rings. The molecule has 98 valence electrons. The van der Waals surface area contributed by atoms with E-state index in [1.165, 1.54) is 27.2 Å². The van der Waals surface area contributed by atoms with Gasteiger partial charge in [0, 0.05) is 7.05 Å². The first-order valence-electron chi connectivity index (χ1n) is 4.66. The summed E-state index contributed by atoms with van der Waals surface area (Å²) < 4.78 is -0.183. The molecule has 0 heterocycles. The predicted octanol–water partition coefficient (Wildman–Crippen LogP) is -2.19. The van der Waals surface area contributed by atoms with Crippen molar-refractivity contribution < 1.29 is 29.1 Å². The predicted molar refractivity (Wildman–Crippen MR) is 58.7 cm³/mol. The molecular formula is C10H18N2O5. The zero-order valence-corrected chi connectivity index (χ0v) is 10.4. The molecule has 1 atom stereocenters. The SMILES string of the molecule is C=CC(=O)NC.C[N+](C)(C)C(C(=O)[O-])C(=O)O. The van der Waals surface area contributed by atoms with E-state index >= 15 is 0 Å². The lowest BCUT2D eigenvalue weighted by Crippen LogP contribution is -2.58. The fourth-order valence-corrected chi connectivity index (χ4v) is 0.850. The highest BCUT2D eigenvalue weighted by molar-refractivity contribution is 5.94. The number of rotatable bonds is 4. The lowest BCUT2D eigenvalue weighted by Gasteiger charge is -2.31. The molecule has 0 saturated heterocycles. The highest BCUT2D eigenvalue weighted by Crippen LogP contribution is 2.01. The Bertz CT molecular complexity index is 292. The summed E-state index contributed by atoms with van der Waals surface area (Å²) in [7, 11) is 6.00. The van der Waals surface area contributed by atoms with Crippen LogP contribution in [0.4, 0.5) is 0 Å². The van der Waals surface area contributed by atoms with Crippen molar-refractivity contribution in [1.29, 1.82) is 0 Å². The average molecular weight is 246 g/mol. The number of aliphatic carboxylic acids is 2. The monoisotopic (exact) mass is 246 g/mol. The van der Waals surface area contributed by atoms with Gasteiger partial charge in [-0.3, -0.25) is 4.79 Å². The van der Waals surface area contributed by atoms with E-state index in [0.717, 1.165) is 0 Å². The van der Waals surface area contributed by atoms with Crippen molar-refractivity contribution in [2.45, 2.75) is 6.04 Å². The largest absolute Gasteiger partial charge is 0.543 e. The summed E-state index contributed by atoms with van der Waals surface area (Å²) >= 11 is 0. The first-order chi connectivity index (χ1) is 7.57. The minimum absolute atomic E-state index is 0.144. The fourth-order valence-electron chi connectivity index (χ4n) is 0.850. The molecule has 1 unspecified atom stereocenters. The molecule has 7 heteroatoms. The van der Waals surface area contributed by atoms with Crippen molar-refractivity contribution in [2.24, 2.45) is 0 Å². The van der Waals surface area contributed by atoms with Gasteiger partial charge in [0.25, 0.3) is 0 Å². The molecule has 7 nitrogen and oxygen atoms in total. The molecule has 0 spiro atoms. The van der Waals surface area contributed by atoms with Gasteiger partial charge in [0.1, 0.15) is 5.97 Å². The van der Waals surface area contributed by atoms with Crippen molar-refractivity contribution in [3.8, 4) is 0 Å². The number of hydrogen-bond acceptors (Lipinski definition) is 4. The fraction of sp³-hybridized carbons (Fsp3) is 0.500. The van der Waals surface area contributed by atoms with Crippen molar-refractivity contribution in [3.63, 3.8) is 0 Å². The topological polar surface area (TPSA) is 107 Å². The minimum atomic E-state index is -1.56. The summed E-state index contributed by atoms with van der Waals surface area (Å²) in [6, 6.07) is -1.50. The number of carbonyl (C=O) groups excluding carboxylic acids is 2. The van der Waals surface area contributed by atoms with Crippen LogP contribution < -0.4 is 10.4 Å². The lowest BCUT2D eigenvalue weighted by molar-refractivity contribution is -0.880. The van der Waals surface area contributed by atoms with Crippen molar-refractivity contribution in [2.75, 3.05) is 28.2 Å². The van der Waals surface area contributed by atoms with Gasteiger partial charge >= 0.3 is 5.97 Å². The number of nitrogens with zero attached hydrogens (tertiary/aromatic N) is 1. The Labute approximate surface area is 99.9 Å². The molecule has 0 radical (unpaired) electrons. The van der Waals surface area contributed by atoms with Crippen LogP contribution in [0.2, 0.25) is 0 Å². The third-order valence-corrected chi connectivity index (χ3v) is 1.66. The molecule has 0 aromatic carbocycles. The molecule has 0 bridgehead atoms. The molecule has 0 rings (SSSR count). The van der Waals surface area contributed by atoms with Crippen molar-refractivity contribution in [3.05, 3.63) is 12.7 Å². The van der Waals surface area contributed by atoms with Crippen LogP contribution in [0, 0.1) is 0 Å². The Morgan fingerprint density at radius 3 is 1.76 bits per heavy atom. The van der Waals surface area contributed by atoms with Gasteiger partial charge in [0.15, 0.2) is 0 Å². The Kier molecular flexibility index (Phi) is 7.61. The van der Waals surface area contributed by atoms with Crippen LogP contribution in [-0.4, -0.2) is 61.7 Å². The van der Waals surface area contributed by atoms with Gasteiger partial charge < -0.3 is 24.8 Å². The maximum absolute atomic E-state index is 10.4. The maximum atomic E-state index is 10.4. The zero-order valence-electron chi connectivity index (χ0n) is 10.4. The molecule has 1 amide bonds. The number of carbonyl (C=O) groups is 3. The van der Waals surface area contributed by atoms with Crippen LogP contribution in [-0.2, 0) is 14.4 Å². The number of nitrogens with one attached hydrogen (secondary N) is 1. The summed E-state index contributed by atoms with van der Waals surface area (Å²) in [6.07, 6.45) is 1.22. The van der Waals surface area contributed by atoms with E-state index < -0.39 is 18.0 Å². The summed E-state index contributed by atoms with van der Waals surface area (Å²) in [6.45, 7) is 3.22. The van der Waals surface area contributed by atoms with Crippen molar-refractivity contribution in [1.82, 2.24) is 5.32 Å². The van der Waals surface area contributed by atoms with E-state index in [-0.39, 0.29) is 10.4 Å². The normalized spacial score (nSPS) is 11.5. The second-order valence-corrected chi connectivity index (χ2v) is 3.99. The molecular weight excluding hydrogens is 228 g/mol. The van der Waals surface area contributed by atoms with Crippen LogP contribution in [0.25, 0.3) is 0 Å². The molecule has 0 aliphatic heterocycles. The van der Waals surface area contributed by atoms with Crippen LogP contribution in [0.15, 0.2) is 12.7 Å².